The molecule has 1 heterocycles. The second-order valence-corrected chi connectivity index (χ2v) is 8.33. The van der Waals surface area contributed by atoms with Crippen molar-refractivity contribution in [1.82, 2.24) is 9.97 Å². The minimum absolute atomic E-state index is 0.332. The lowest BCUT2D eigenvalue weighted by atomic mass is 10.1. The number of aromatic amines is 1. The van der Waals surface area contributed by atoms with Gasteiger partial charge in [-0.05, 0) is 52.2 Å². The number of halogens is 2. The Labute approximate surface area is 200 Å². The highest BCUT2D eigenvalue weighted by Gasteiger charge is 2.13. The van der Waals surface area contributed by atoms with Crippen LogP contribution in [0.2, 0.25) is 10.0 Å². The fraction of sp³-hybridized carbons (Fsp3) is 0.0370. The molecule has 0 aliphatic heterocycles. The van der Waals surface area contributed by atoms with E-state index in [4.69, 9.17) is 27.9 Å². The number of allylic oxidation sites excluding steroid dienone is 1. The molecular weight excluding hydrogens is 453 g/mol. The predicted octanol–water partition coefficient (Wildman–Crippen LogP) is 7.67. The lowest BCUT2D eigenvalue weighted by Crippen LogP contribution is -1.98. The maximum Gasteiger partial charge on any atom is 0.157 e. The summed E-state index contributed by atoms with van der Waals surface area (Å²) < 4.78 is 6.00. The Bertz CT molecular complexity index is 1500. The molecule has 1 N–H and O–H groups in total. The standard InChI is InChI=1S/C27H17Cl2N3O/c28-22-13-17(12-20(15-30)27-31-24-10-3-4-11-25(24)32-27)14-23(29)26(22)33-16-19-8-5-7-18-6-1-2-9-21(18)19/h1-14H,16H2,(H,31,32)/b20-12+. The Hall–Kier alpha value is -3.78. The van der Waals surface area contributed by atoms with Crippen LogP contribution in [0.1, 0.15) is 17.0 Å². The maximum atomic E-state index is 9.69. The van der Waals surface area contributed by atoms with Gasteiger partial charge < -0.3 is 9.72 Å². The first-order valence-electron chi connectivity index (χ1n) is 10.3. The highest BCUT2D eigenvalue weighted by Crippen LogP contribution is 2.36. The number of fused-ring (bicyclic) bond motifs is 2. The van der Waals surface area contributed by atoms with Gasteiger partial charge in [-0.1, -0.05) is 77.8 Å². The number of ether oxygens (including phenoxy) is 1. The van der Waals surface area contributed by atoms with Gasteiger partial charge in [-0.2, -0.15) is 5.26 Å². The van der Waals surface area contributed by atoms with Crippen LogP contribution in [0.3, 0.4) is 0 Å². The molecule has 0 atom stereocenters. The van der Waals surface area contributed by atoms with Gasteiger partial charge in [-0.15, -0.1) is 0 Å². The highest BCUT2D eigenvalue weighted by atomic mass is 35.5. The maximum absolute atomic E-state index is 9.69. The number of nitrogens with one attached hydrogen (secondary N) is 1. The summed E-state index contributed by atoms with van der Waals surface area (Å²) in [6.45, 7) is 0.332. The topological polar surface area (TPSA) is 61.7 Å². The number of hydrogen-bond acceptors (Lipinski definition) is 3. The van der Waals surface area contributed by atoms with Crippen molar-refractivity contribution < 1.29 is 4.74 Å². The van der Waals surface area contributed by atoms with Crippen LogP contribution in [0.4, 0.5) is 0 Å². The molecule has 1 aromatic heterocycles. The van der Waals surface area contributed by atoms with Crippen LogP contribution >= 0.6 is 23.2 Å². The molecule has 0 radical (unpaired) electrons. The number of para-hydroxylation sites is 2. The molecule has 0 amide bonds. The van der Waals surface area contributed by atoms with Gasteiger partial charge in [0.05, 0.1) is 26.7 Å². The number of rotatable bonds is 5. The van der Waals surface area contributed by atoms with E-state index in [1.165, 1.54) is 0 Å². The van der Waals surface area contributed by atoms with Crippen LogP contribution in [0.25, 0.3) is 33.5 Å². The van der Waals surface area contributed by atoms with E-state index >= 15 is 0 Å². The fourth-order valence-corrected chi connectivity index (χ4v) is 4.38. The number of benzene rings is 4. The molecule has 6 heteroatoms. The van der Waals surface area contributed by atoms with E-state index in [0.717, 1.165) is 27.4 Å². The normalized spacial score (nSPS) is 11.6. The van der Waals surface area contributed by atoms with E-state index in [1.807, 2.05) is 48.5 Å². The van der Waals surface area contributed by atoms with Crippen LogP contribution in [-0.2, 0) is 6.61 Å². The molecule has 0 bridgehead atoms. The second-order valence-electron chi connectivity index (χ2n) is 7.51. The molecule has 4 nitrogen and oxygen atoms in total. The van der Waals surface area contributed by atoms with Crippen molar-refractivity contribution in [1.29, 1.82) is 5.26 Å². The van der Waals surface area contributed by atoms with Gasteiger partial charge in [0.15, 0.2) is 5.75 Å². The van der Waals surface area contributed by atoms with Gasteiger partial charge in [-0.3, -0.25) is 0 Å². The summed E-state index contributed by atoms with van der Waals surface area (Å²) in [7, 11) is 0. The van der Waals surface area contributed by atoms with E-state index in [-0.39, 0.29) is 0 Å². The average molecular weight is 470 g/mol. The van der Waals surface area contributed by atoms with Crippen LogP contribution in [0, 0.1) is 11.3 Å². The molecule has 160 valence electrons. The van der Waals surface area contributed by atoms with Gasteiger partial charge in [-0.25, -0.2) is 4.98 Å². The monoisotopic (exact) mass is 469 g/mol. The summed E-state index contributed by atoms with van der Waals surface area (Å²) in [6.07, 6.45) is 1.70. The zero-order valence-corrected chi connectivity index (χ0v) is 18.9. The van der Waals surface area contributed by atoms with Crippen molar-refractivity contribution >= 4 is 56.7 Å². The Morgan fingerprint density at radius 3 is 2.48 bits per heavy atom. The third-order valence-corrected chi connectivity index (χ3v) is 5.91. The molecule has 0 saturated carbocycles. The Morgan fingerprint density at radius 2 is 1.70 bits per heavy atom. The first kappa shape index (κ1) is 21.1. The van der Waals surface area contributed by atoms with Gasteiger partial charge >= 0.3 is 0 Å². The lowest BCUT2D eigenvalue weighted by molar-refractivity contribution is 0.308. The zero-order valence-electron chi connectivity index (χ0n) is 17.3. The molecule has 0 saturated heterocycles. The molecule has 0 unspecified atom stereocenters. The molecular formula is C27H17Cl2N3O. The molecule has 4 aromatic carbocycles. The molecule has 5 rings (SSSR count). The minimum atomic E-state index is 0.332. The summed E-state index contributed by atoms with van der Waals surface area (Å²) in [5, 5.41) is 12.7. The largest absolute Gasteiger partial charge is 0.486 e. The van der Waals surface area contributed by atoms with Crippen LogP contribution in [0.5, 0.6) is 5.75 Å². The SMILES string of the molecule is N#C/C(=C\c1cc(Cl)c(OCc2cccc3ccccc23)c(Cl)c1)c1nc2ccccc2[nH]1. The van der Waals surface area contributed by atoms with Crippen molar-refractivity contribution in [2.24, 2.45) is 0 Å². The first-order valence-corrected chi connectivity index (χ1v) is 11.0. The number of nitriles is 1. The number of hydrogen-bond donors (Lipinski definition) is 1. The lowest BCUT2D eigenvalue weighted by Gasteiger charge is -2.12. The predicted molar refractivity (Wildman–Crippen MR) is 134 cm³/mol. The summed E-state index contributed by atoms with van der Waals surface area (Å²) in [5.41, 5.74) is 3.76. The van der Waals surface area contributed by atoms with E-state index in [0.29, 0.717) is 39.4 Å². The molecule has 0 fully saturated rings. The summed E-state index contributed by atoms with van der Waals surface area (Å²) in [6, 6.07) is 27.5. The number of H-pyrrole nitrogens is 1. The third kappa shape index (κ3) is 4.29. The van der Waals surface area contributed by atoms with Crippen LogP contribution in [-0.4, -0.2) is 9.97 Å². The summed E-state index contributed by atoms with van der Waals surface area (Å²) in [4.78, 5) is 7.66. The third-order valence-electron chi connectivity index (χ3n) is 5.35. The molecule has 5 aromatic rings. The number of imidazole rings is 1. The average Bonchev–Trinajstić information content (AvgIpc) is 3.26. The van der Waals surface area contributed by atoms with Crippen molar-refractivity contribution in [3.63, 3.8) is 0 Å². The van der Waals surface area contributed by atoms with E-state index in [1.54, 1.807) is 18.2 Å². The molecule has 33 heavy (non-hydrogen) atoms. The van der Waals surface area contributed by atoms with Crippen LogP contribution < -0.4 is 4.74 Å². The Morgan fingerprint density at radius 1 is 0.970 bits per heavy atom. The van der Waals surface area contributed by atoms with Gasteiger partial charge in [0.1, 0.15) is 18.5 Å². The smallest absolute Gasteiger partial charge is 0.157 e. The first-order chi connectivity index (χ1) is 16.1. The highest BCUT2D eigenvalue weighted by molar-refractivity contribution is 6.37. The Kier molecular flexibility index (Phi) is 5.75. The van der Waals surface area contributed by atoms with E-state index in [2.05, 4.69) is 34.2 Å². The fourth-order valence-electron chi connectivity index (χ4n) is 3.77. The van der Waals surface area contributed by atoms with Gasteiger partial charge in [0, 0.05) is 0 Å². The van der Waals surface area contributed by atoms with E-state index < -0.39 is 0 Å². The summed E-state index contributed by atoms with van der Waals surface area (Å²) >= 11 is 13.0. The number of nitrogens with zero attached hydrogens (tertiary/aromatic N) is 2. The summed E-state index contributed by atoms with van der Waals surface area (Å²) in [5.74, 6) is 0.896. The quantitative estimate of drug-likeness (QED) is 0.268. The Balaban J connectivity index is 1.42. The van der Waals surface area contributed by atoms with Gasteiger partial charge in [0.2, 0.25) is 0 Å². The van der Waals surface area contributed by atoms with Crippen molar-refractivity contribution in [2.75, 3.05) is 0 Å². The molecule has 0 spiro atoms. The van der Waals surface area contributed by atoms with Crippen molar-refractivity contribution in [3.8, 4) is 11.8 Å². The van der Waals surface area contributed by atoms with E-state index in [9.17, 15) is 5.26 Å². The van der Waals surface area contributed by atoms with Crippen molar-refractivity contribution in [2.45, 2.75) is 6.61 Å². The van der Waals surface area contributed by atoms with Crippen molar-refractivity contribution in [3.05, 3.63) is 106 Å². The second kappa shape index (κ2) is 8.99. The van der Waals surface area contributed by atoms with Gasteiger partial charge in [0.25, 0.3) is 0 Å². The zero-order chi connectivity index (χ0) is 22.8. The molecule has 0 aliphatic rings. The molecule has 0 aliphatic carbocycles. The number of aromatic nitrogens is 2. The van der Waals surface area contributed by atoms with Crippen LogP contribution in [0.15, 0.2) is 78.9 Å². The minimum Gasteiger partial charge on any atom is -0.486 e.